The highest BCUT2D eigenvalue weighted by Crippen LogP contribution is 2.34. The number of rotatable bonds is 3. The molecule has 29 heavy (non-hydrogen) atoms. The van der Waals surface area contributed by atoms with Crippen LogP contribution in [0.3, 0.4) is 0 Å². The lowest BCUT2D eigenvalue weighted by molar-refractivity contribution is 0.176. The molecular weight excluding hydrogens is 377 g/mol. The zero-order chi connectivity index (χ0) is 20.1. The predicted molar refractivity (Wildman–Crippen MR) is 105 cm³/mol. The summed E-state index contributed by atoms with van der Waals surface area (Å²) in [4.78, 5) is 18.0. The number of aromatic nitrogens is 3. The minimum absolute atomic E-state index is 0.106. The summed E-state index contributed by atoms with van der Waals surface area (Å²) < 4.78 is 20.2. The third-order valence-electron chi connectivity index (χ3n) is 5.98. The van der Waals surface area contributed by atoms with Gasteiger partial charge < -0.3 is 19.7 Å². The zero-order valence-electron chi connectivity index (χ0n) is 15.7. The van der Waals surface area contributed by atoms with E-state index in [-0.39, 0.29) is 34.5 Å². The van der Waals surface area contributed by atoms with Crippen molar-refractivity contribution in [3.05, 3.63) is 40.9 Å². The Morgan fingerprint density at radius 1 is 1.31 bits per heavy atom. The molecule has 2 unspecified atom stereocenters. The van der Waals surface area contributed by atoms with Gasteiger partial charge in [-0.25, -0.2) is 9.37 Å². The van der Waals surface area contributed by atoms with Gasteiger partial charge in [-0.05, 0) is 31.4 Å². The van der Waals surface area contributed by atoms with Gasteiger partial charge in [0.25, 0.3) is 0 Å². The van der Waals surface area contributed by atoms with Crippen LogP contribution in [0.4, 0.5) is 10.2 Å². The average molecular weight is 397 g/mol. The van der Waals surface area contributed by atoms with Crippen LogP contribution in [0, 0.1) is 0 Å². The number of hydrogen-bond acceptors (Lipinski definition) is 8. The summed E-state index contributed by atoms with van der Waals surface area (Å²) in [5.74, 6) is 0.516. The largest absolute Gasteiger partial charge is 0.507 e. The van der Waals surface area contributed by atoms with E-state index in [1.54, 1.807) is 11.9 Å². The van der Waals surface area contributed by atoms with Gasteiger partial charge >= 0.3 is 0 Å². The molecule has 0 spiro atoms. The van der Waals surface area contributed by atoms with Crippen molar-refractivity contribution in [3.63, 3.8) is 0 Å². The second kappa shape index (κ2) is 6.77. The van der Waals surface area contributed by atoms with E-state index in [0.717, 1.165) is 12.8 Å². The van der Waals surface area contributed by atoms with Crippen molar-refractivity contribution in [2.45, 2.75) is 43.6 Å². The van der Waals surface area contributed by atoms with Crippen molar-refractivity contribution in [1.29, 1.82) is 0 Å². The Morgan fingerprint density at radius 3 is 2.97 bits per heavy atom. The smallest absolute Gasteiger partial charge is 0.192 e. The zero-order valence-corrected chi connectivity index (χ0v) is 15.7. The molecule has 9 heteroatoms. The quantitative estimate of drug-likeness (QED) is 0.692. The topological polar surface area (TPSA) is 104 Å². The number of nitrogens with one attached hydrogen (secondary N) is 1. The maximum Gasteiger partial charge on any atom is 0.192 e. The van der Waals surface area contributed by atoms with Crippen LogP contribution in [-0.2, 0) is 0 Å². The lowest BCUT2D eigenvalue weighted by Gasteiger charge is -2.38. The van der Waals surface area contributed by atoms with E-state index in [1.165, 1.54) is 30.7 Å². The van der Waals surface area contributed by atoms with E-state index in [4.69, 9.17) is 4.42 Å². The van der Waals surface area contributed by atoms with Gasteiger partial charge in [0.2, 0.25) is 0 Å². The molecule has 8 nitrogen and oxygen atoms in total. The van der Waals surface area contributed by atoms with Gasteiger partial charge in [-0.1, -0.05) is 0 Å². The Kier molecular flexibility index (Phi) is 4.20. The van der Waals surface area contributed by atoms with Gasteiger partial charge in [0, 0.05) is 25.2 Å². The van der Waals surface area contributed by atoms with Crippen LogP contribution in [0.5, 0.6) is 5.75 Å². The number of nitrogens with zero attached hydrogens (tertiary/aromatic N) is 4. The third kappa shape index (κ3) is 3.02. The van der Waals surface area contributed by atoms with E-state index in [1.807, 2.05) is 0 Å². The highest BCUT2D eigenvalue weighted by atomic mass is 19.1. The van der Waals surface area contributed by atoms with Gasteiger partial charge in [-0.15, -0.1) is 10.2 Å². The summed E-state index contributed by atoms with van der Waals surface area (Å²) in [5, 5.41) is 22.2. The number of anilines is 1. The Hall–Kier alpha value is -3.07. The first-order valence-corrected chi connectivity index (χ1v) is 9.59. The number of aromatic hydroxyl groups is 1. The first-order chi connectivity index (χ1) is 14.0. The molecule has 0 amide bonds. The number of phenols is 1. The Morgan fingerprint density at radius 2 is 2.17 bits per heavy atom. The van der Waals surface area contributed by atoms with Crippen molar-refractivity contribution >= 4 is 16.8 Å². The summed E-state index contributed by atoms with van der Waals surface area (Å²) in [6.45, 7) is 0. The molecule has 2 aliphatic rings. The lowest BCUT2D eigenvalue weighted by Crippen LogP contribution is -2.55. The van der Waals surface area contributed by atoms with Crippen LogP contribution in [0.15, 0.2) is 39.9 Å². The van der Waals surface area contributed by atoms with Crippen molar-refractivity contribution in [2.75, 3.05) is 11.9 Å². The van der Waals surface area contributed by atoms with Crippen LogP contribution in [0.25, 0.3) is 22.4 Å². The number of phenolic OH excluding ortho intramolecular Hbond substituents is 1. The molecule has 4 atom stereocenters. The number of hydrogen-bond donors (Lipinski definition) is 2. The number of alkyl halides is 1. The van der Waals surface area contributed by atoms with Crippen LogP contribution in [-0.4, -0.2) is 51.6 Å². The SMILES string of the molecule is CN(c1cnc(-c2cc3occc(=O)c3cc2O)nn1)[C@@H]1CC2CCC(N2)[C@@H]1F. The van der Waals surface area contributed by atoms with Gasteiger partial charge in [-0.2, -0.15) is 0 Å². The molecule has 0 saturated carbocycles. The second-order valence-electron chi connectivity index (χ2n) is 7.70. The molecule has 2 aliphatic heterocycles. The maximum atomic E-state index is 14.8. The number of piperidine rings is 1. The molecule has 2 fully saturated rings. The van der Waals surface area contributed by atoms with Crippen molar-refractivity contribution in [3.8, 4) is 17.1 Å². The molecule has 150 valence electrons. The van der Waals surface area contributed by atoms with E-state index >= 15 is 0 Å². The van der Waals surface area contributed by atoms with Crippen molar-refractivity contribution in [1.82, 2.24) is 20.5 Å². The number of fused-ring (bicyclic) bond motifs is 3. The first kappa shape index (κ1) is 18.0. The summed E-state index contributed by atoms with van der Waals surface area (Å²) in [5.41, 5.74) is 0.373. The van der Waals surface area contributed by atoms with Crippen molar-refractivity contribution < 1.29 is 13.9 Å². The fourth-order valence-electron chi connectivity index (χ4n) is 4.37. The standard InChI is InChI=1S/C20H20FN5O3/c1-26(14-6-10-2-3-13(23-10)19(14)21)18-9-22-20(25-24-18)12-8-17-11(7-16(12)28)15(27)4-5-29-17/h4-5,7-10,13-14,19,23,28H,2-3,6H2,1H3/t10?,13?,14-,19+/m1/s1. The summed E-state index contributed by atoms with van der Waals surface area (Å²) in [7, 11) is 1.80. The molecular formula is C20H20FN5O3. The predicted octanol–water partition coefficient (Wildman–Crippen LogP) is 2.02. The lowest BCUT2D eigenvalue weighted by atomic mass is 9.96. The Bertz CT molecular complexity index is 1120. The fraction of sp³-hybridized carbons (Fsp3) is 0.400. The minimum atomic E-state index is -0.979. The van der Waals surface area contributed by atoms with E-state index in [9.17, 15) is 14.3 Å². The van der Waals surface area contributed by atoms with Gasteiger partial charge in [0.1, 0.15) is 17.5 Å². The van der Waals surface area contributed by atoms with Crippen LogP contribution >= 0.6 is 0 Å². The molecule has 5 rings (SSSR count). The van der Waals surface area contributed by atoms with Gasteiger partial charge in [-0.3, -0.25) is 4.79 Å². The van der Waals surface area contributed by atoms with Crippen LogP contribution in [0.2, 0.25) is 0 Å². The summed E-state index contributed by atoms with van der Waals surface area (Å²) in [6.07, 6.45) is 4.40. The van der Waals surface area contributed by atoms with E-state index in [0.29, 0.717) is 29.4 Å². The average Bonchev–Trinajstić information content (AvgIpc) is 3.14. The second-order valence-corrected chi connectivity index (χ2v) is 7.70. The molecule has 4 heterocycles. The third-order valence-corrected chi connectivity index (χ3v) is 5.98. The van der Waals surface area contributed by atoms with E-state index < -0.39 is 6.17 Å². The molecule has 2 aromatic heterocycles. The highest BCUT2D eigenvalue weighted by molar-refractivity contribution is 5.84. The van der Waals surface area contributed by atoms with Gasteiger partial charge in [0.15, 0.2) is 17.1 Å². The number of halogens is 1. The van der Waals surface area contributed by atoms with Gasteiger partial charge in [0.05, 0.1) is 29.5 Å². The Balaban J connectivity index is 1.44. The molecule has 0 radical (unpaired) electrons. The first-order valence-electron chi connectivity index (χ1n) is 9.59. The minimum Gasteiger partial charge on any atom is -0.507 e. The molecule has 2 bridgehead atoms. The Labute approximate surface area is 165 Å². The number of benzene rings is 1. The highest BCUT2D eigenvalue weighted by Gasteiger charge is 2.43. The molecule has 2 saturated heterocycles. The van der Waals surface area contributed by atoms with Crippen LogP contribution < -0.4 is 15.6 Å². The van der Waals surface area contributed by atoms with Crippen molar-refractivity contribution in [2.24, 2.45) is 0 Å². The summed E-state index contributed by atoms with van der Waals surface area (Å²) >= 11 is 0. The fourth-order valence-corrected chi connectivity index (χ4v) is 4.37. The molecule has 2 N–H and O–H groups in total. The summed E-state index contributed by atoms with van der Waals surface area (Å²) in [6, 6.07) is 4.08. The molecule has 1 aromatic carbocycles. The molecule has 0 aliphatic carbocycles. The van der Waals surface area contributed by atoms with E-state index in [2.05, 4.69) is 20.5 Å². The monoisotopic (exact) mass is 397 g/mol. The maximum absolute atomic E-state index is 14.8. The normalized spacial score (nSPS) is 26.0. The molecule has 3 aromatic rings. The van der Waals surface area contributed by atoms with Crippen LogP contribution in [0.1, 0.15) is 19.3 Å².